The first-order valence-corrected chi connectivity index (χ1v) is 8.25. The summed E-state index contributed by atoms with van der Waals surface area (Å²) in [6, 6.07) is 7.22. The number of rotatable bonds is 4. The summed E-state index contributed by atoms with van der Waals surface area (Å²) in [5.41, 5.74) is 1.93. The van der Waals surface area contributed by atoms with Crippen LogP contribution in [0.1, 0.15) is 12.0 Å². The summed E-state index contributed by atoms with van der Waals surface area (Å²) >= 11 is 6.30. The van der Waals surface area contributed by atoms with E-state index < -0.39 is 5.95 Å². The van der Waals surface area contributed by atoms with Crippen molar-refractivity contribution in [2.45, 2.75) is 19.0 Å². The molecule has 1 aromatic carbocycles. The fourth-order valence-corrected chi connectivity index (χ4v) is 3.29. The molecule has 0 unspecified atom stereocenters. The lowest BCUT2D eigenvalue weighted by Gasteiger charge is -2.19. The standard InChI is InChI=1S/C17H17ClFN3O2/c18-14-6-16-15(23-10-24-16)5-11(14)7-20-12-3-4-22(9-12)13-1-2-17(19)21-8-13/h1-2,5-6,8,12,20H,3-4,7,9-10H2/t12-/m0/s1. The van der Waals surface area contributed by atoms with Crippen LogP contribution in [0, 0.1) is 5.95 Å². The molecule has 4 rings (SSSR count). The number of hydrogen-bond donors (Lipinski definition) is 1. The van der Waals surface area contributed by atoms with E-state index >= 15 is 0 Å². The molecule has 1 aromatic heterocycles. The highest BCUT2D eigenvalue weighted by Gasteiger charge is 2.23. The molecule has 5 nitrogen and oxygen atoms in total. The van der Waals surface area contributed by atoms with Gasteiger partial charge in [-0.25, -0.2) is 4.98 Å². The van der Waals surface area contributed by atoms with Gasteiger partial charge >= 0.3 is 0 Å². The Hall–Kier alpha value is -2.05. The summed E-state index contributed by atoms with van der Waals surface area (Å²) < 4.78 is 23.6. The van der Waals surface area contributed by atoms with Gasteiger partial charge < -0.3 is 19.7 Å². The van der Waals surface area contributed by atoms with Crippen LogP contribution in [-0.4, -0.2) is 30.9 Å². The molecule has 0 aliphatic carbocycles. The predicted molar refractivity (Wildman–Crippen MR) is 89.2 cm³/mol. The van der Waals surface area contributed by atoms with Gasteiger partial charge in [-0.1, -0.05) is 11.6 Å². The average Bonchev–Trinajstić information content (AvgIpc) is 3.22. The Morgan fingerprint density at radius 3 is 2.92 bits per heavy atom. The maximum atomic E-state index is 12.9. The molecule has 2 aliphatic rings. The van der Waals surface area contributed by atoms with Crippen LogP contribution in [0.15, 0.2) is 30.5 Å². The van der Waals surface area contributed by atoms with Gasteiger partial charge in [0.15, 0.2) is 11.5 Å². The van der Waals surface area contributed by atoms with Gasteiger partial charge in [0.1, 0.15) is 0 Å². The normalized spacial score (nSPS) is 19.1. The molecular weight excluding hydrogens is 333 g/mol. The lowest BCUT2D eigenvalue weighted by Crippen LogP contribution is -2.32. The Bertz CT molecular complexity index is 741. The molecule has 1 fully saturated rings. The van der Waals surface area contributed by atoms with E-state index in [4.69, 9.17) is 21.1 Å². The van der Waals surface area contributed by atoms with Crippen molar-refractivity contribution >= 4 is 17.3 Å². The second-order valence-electron chi connectivity index (χ2n) is 5.95. The number of pyridine rings is 1. The van der Waals surface area contributed by atoms with Crippen molar-refractivity contribution in [3.05, 3.63) is 47.0 Å². The molecule has 126 valence electrons. The van der Waals surface area contributed by atoms with Crippen LogP contribution in [-0.2, 0) is 6.54 Å². The first-order valence-electron chi connectivity index (χ1n) is 7.87. The van der Waals surface area contributed by atoms with Crippen LogP contribution < -0.4 is 19.7 Å². The number of halogens is 2. The smallest absolute Gasteiger partial charge is 0.231 e. The van der Waals surface area contributed by atoms with E-state index in [1.54, 1.807) is 18.3 Å². The summed E-state index contributed by atoms with van der Waals surface area (Å²) in [4.78, 5) is 5.92. The third kappa shape index (κ3) is 3.12. The second-order valence-corrected chi connectivity index (χ2v) is 6.36. The number of nitrogens with one attached hydrogen (secondary N) is 1. The molecule has 1 saturated heterocycles. The Morgan fingerprint density at radius 2 is 2.12 bits per heavy atom. The molecule has 0 saturated carbocycles. The van der Waals surface area contributed by atoms with E-state index in [1.807, 2.05) is 6.07 Å². The summed E-state index contributed by atoms with van der Waals surface area (Å²) in [6.45, 7) is 2.68. The van der Waals surface area contributed by atoms with E-state index in [2.05, 4.69) is 15.2 Å². The van der Waals surface area contributed by atoms with Crippen LogP contribution >= 0.6 is 11.6 Å². The molecule has 0 bridgehead atoms. The SMILES string of the molecule is Fc1ccc(N2CC[C@H](NCc3cc4c(cc3Cl)OCO4)C2)cn1. The molecule has 7 heteroatoms. The number of fused-ring (bicyclic) bond motifs is 1. The molecule has 3 heterocycles. The van der Waals surface area contributed by atoms with Gasteiger partial charge in [0, 0.05) is 36.8 Å². The summed E-state index contributed by atoms with van der Waals surface area (Å²) in [5, 5.41) is 4.19. The summed E-state index contributed by atoms with van der Waals surface area (Å²) in [7, 11) is 0. The number of benzene rings is 1. The molecule has 24 heavy (non-hydrogen) atoms. The van der Waals surface area contributed by atoms with E-state index in [1.165, 1.54) is 6.07 Å². The topological polar surface area (TPSA) is 46.6 Å². The van der Waals surface area contributed by atoms with Crippen LogP contribution in [0.3, 0.4) is 0 Å². The summed E-state index contributed by atoms with van der Waals surface area (Å²) in [5.74, 6) is 0.978. The van der Waals surface area contributed by atoms with Crippen molar-refractivity contribution in [2.75, 3.05) is 24.8 Å². The van der Waals surface area contributed by atoms with Crippen LogP contribution in [0.5, 0.6) is 11.5 Å². The number of ether oxygens (including phenoxy) is 2. The van der Waals surface area contributed by atoms with E-state index in [-0.39, 0.29) is 6.79 Å². The second kappa shape index (κ2) is 6.45. The molecule has 1 atom stereocenters. The summed E-state index contributed by atoms with van der Waals surface area (Å²) in [6.07, 6.45) is 2.59. The zero-order valence-corrected chi connectivity index (χ0v) is 13.7. The van der Waals surface area contributed by atoms with Crippen molar-refractivity contribution in [1.82, 2.24) is 10.3 Å². The molecule has 0 amide bonds. The van der Waals surface area contributed by atoms with Crippen molar-refractivity contribution in [3.63, 3.8) is 0 Å². The molecular formula is C17H17ClFN3O2. The minimum Gasteiger partial charge on any atom is -0.454 e. The average molecular weight is 350 g/mol. The molecule has 2 aromatic rings. The van der Waals surface area contributed by atoms with Crippen molar-refractivity contribution in [1.29, 1.82) is 0 Å². The van der Waals surface area contributed by atoms with Gasteiger partial charge in [0.2, 0.25) is 12.7 Å². The molecule has 1 N–H and O–H groups in total. The largest absolute Gasteiger partial charge is 0.454 e. The van der Waals surface area contributed by atoms with Crippen molar-refractivity contribution < 1.29 is 13.9 Å². The van der Waals surface area contributed by atoms with Crippen molar-refractivity contribution in [2.24, 2.45) is 0 Å². The lowest BCUT2D eigenvalue weighted by atomic mass is 10.1. The van der Waals surface area contributed by atoms with Gasteiger partial charge in [0.25, 0.3) is 0 Å². The zero-order chi connectivity index (χ0) is 16.5. The van der Waals surface area contributed by atoms with Gasteiger partial charge in [-0.3, -0.25) is 0 Å². The van der Waals surface area contributed by atoms with E-state index in [0.717, 1.165) is 36.5 Å². The van der Waals surface area contributed by atoms with Crippen LogP contribution in [0.2, 0.25) is 5.02 Å². The molecule has 0 radical (unpaired) electrons. The first kappa shape index (κ1) is 15.5. The zero-order valence-electron chi connectivity index (χ0n) is 13.0. The number of hydrogen-bond acceptors (Lipinski definition) is 5. The Kier molecular flexibility index (Phi) is 4.16. The van der Waals surface area contributed by atoms with Gasteiger partial charge in [0.05, 0.1) is 11.9 Å². The molecule has 2 aliphatic heterocycles. The number of anilines is 1. The quantitative estimate of drug-likeness (QED) is 0.860. The Morgan fingerprint density at radius 1 is 1.29 bits per heavy atom. The fourth-order valence-electron chi connectivity index (χ4n) is 3.07. The monoisotopic (exact) mass is 349 g/mol. The van der Waals surface area contributed by atoms with E-state index in [9.17, 15) is 4.39 Å². The van der Waals surface area contributed by atoms with Crippen LogP contribution in [0.25, 0.3) is 0 Å². The Labute approximate surface area is 144 Å². The minimum atomic E-state index is -0.454. The van der Waals surface area contributed by atoms with Crippen molar-refractivity contribution in [3.8, 4) is 11.5 Å². The van der Waals surface area contributed by atoms with E-state index in [0.29, 0.717) is 23.4 Å². The van der Waals surface area contributed by atoms with Gasteiger partial charge in [-0.2, -0.15) is 4.39 Å². The maximum absolute atomic E-state index is 12.9. The number of aromatic nitrogens is 1. The first-order chi connectivity index (χ1) is 11.7. The van der Waals surface area contributed by atoms with Gasteiger partial charge in [-0.15, -0.1) is 0 Å². The minimum absolute atomic E-state index is 0.242. The predicted octanol–water partition coefficient (Wildman–Crippen LogP) is 2.97. The highest BCUT2D eigenvalue weighted by atomic mass is 35.5. The highest BCUT2D eigenvalue weighted by molar-refractivity contribution is 6.31. The number of nitrogens with zero attached hydrogens (tertiary/aromatic N) is 2. The van der Waals surface area contributed by atoms with Crippen LogP contribution in [0.4, 0.5) is 10.1 Å². The third-order valence-corrected chi connectivity index (χ3v) is 4.74. The lowest BCUT2D eigenvalue weighted by molar-refractivity contribution is 0.174. The Balaban J connectivity index is 1.36. The highest BCUT2D eigenvalue weighted by Crippen LogP contribution is 2.36. The third-order valence-electron chi connectivity index (χ3n) is 4.39. The maximum Gasteiger partial charge on any atom is 0.231 e. The van der Waals surface area contributed by atoms with Gasteiger partial charge in [-0.05, 0) is 30.2 Å². The molecule has 0 spiro atoms. The fraction of sp³-hybridized carbons (Fsp3) is 0.353.